The van der Waals surface area contributed by atoms with E-state index in [0.717, 1.165) is 0 Å². The Morgan fingerprint density at radius 2 is 2.00 bits per heavy atom. The number of ether oxygens (including phenoxy) is 2. The summed E-state index contributed by atoms with van der Waals surface area (Å²) >= 11 is 0. The molecule has 0 amide bonds. The van der Waals surface area contributed by atoms with Crippen LogP contribution in [0.25, 0.3) is 0 Å². The lowest BCUT2D eigenvalue weighted by Crippen LogP contribution is -2.24. The Morgan fingerprint density at radius 1 is 1.37 bits per heavy atom. The minimum Gasteiger partial charge on any atom is -0.496 e. The van der Waals surface area contributed by atoms with Crippen LogP contribution in [0.5, 0.6) is 5.75 Å². The Balaban J connectivity index is 2.80. The summed E-state index contributed by atoms with van der Waals surface area (Å²) in [6.45, 7) is 7.30. The zero-order chi connectivity index (χ0) is 14.6. The first kappa shape index (κ1) is 15.5. The predicted molar refractivity (Wildman–Crippen MR) is 71.8 cm³/mol. The monoisotopic (exact) mass is 268 g/mol. The zero-order valence-electron chi connectivity index (χ0n) is 12.1. The third kappa shape index (κ3) is 4.89. The molecule has 1 atom stereocenters. The molecule has 0 aliphatic carbocycles. The maximum absolute atomic E-state index is 13.3. The number of methoxy groups -OCH3 is 1. The molecule has 0 aliphatic rings. The van der Waals surface area contributed by atoms with Crippen LogP contribution >= 0.6 is 0 Å². The molecule has 0 saturated heterocycles. The van der Waals surface area contributed by atoms with Gasteiger partial charge in [0.25, 0.3) is 0 Å². The Hall–Kier alpha value is -1.58. The summed E-state index contributed by atoms with van der Waals surface area (Å²) < 4.78 is 23.7. The standard InChI is InChI=1S/C15H21FO3/c1-10(8-14(17)19-15(2,3)4)12-9-11(16)6-7-13(12)18-5/h6-7,9-10H,8H2,1-5H3. The summed E-state index contributed by atoms with van der Waals surface area (Å²) in [5.74, 6) is -0.226. The molecule has 3 nitrogen and oxygen atoms in total. The third-order valence-corrected chi connectivity index (χ3v) is 2.62. The quantitative estimate of drug-likeness (QED) is 0.782. The molecule has 106 valence electrons. The number of halogens is 1. The fourth-order valence-corrected chi connectivity index (χ4v) is 1.83. The fraction of sp³-hybridized carbons (Fsp3) is 0.533. The molecular weight excluding hydrogens is 247 g/mol. The van der Waals surface area contributed by atoms with E-state index < -0.39 is 5.60 Å². The topological polar surface area (TPSA) is 35.5 Å². The Labute approximate surface area is 113 Å². The van der Waals surface area contributed by atoms with Gasteiger partial charge >= 0.3 is 5.97 Å². The van der Waals surface area contributed by atoms with Crippen molar-refractivity contribution < 1.29 is 18.7 Å². The van der Waals surface area contributed by atoms with E-state index in [0.29, 0.717) is 11.3 Å². The summed E-state index contributed by atoms with van der Waals surface area (Å²) in [6, 6.07) is 4.30. The Bertz CT molecular complexity index is 449. The number of hydrogen-bond acceptors (Lipinski definition) is 3. The number of carbonyl (C=O) groups is 1. The second-order valence-electron chi connectivity index (χ2n) is 5.58. The molecule has 0 fully saturated rings. The van der Waals surface area contributed by atoms with Crippen LogP contribution in [0.2, 0.25) is 0 Å². The molecule has 0 aromatic heterocycles. The maximum Gasteiger partial charge on any atom is 0.306 e. The van der Waals surface area contributed by atoms with Gasteiger partial charge in [-0.1, -0.05) is 6.92 Å². The van der Waals surface area contributed by atoms with Crippen LogP contribution < -0.4 is 4.74 Å². The van der Waals surface area contributed by atoms with Gasteiger partial charge in [0, 0.05) is 5.56 Å². The highest BCUT2D eigenvalue weighted by Crippen LogP contribution is 2.30. The van der Waals surface area contributed by atoms with Crippen LogP contribution in [0, 0.1) is 5.82 Å². The predicted octanol–water partition coefficient (Wildman–Crippen LogP) is 3.67. The number of rotatable bonds is 4. The first-order valence-electron chi connectivity index (χ1n) is 6.28. The second kappa shape index (κ2) is 6.04. The van der Waals surface area contributed by atoms with Crippen LogP contribution in [0.4, 0.5) is 4.39 Å². The molecule has 0 aliphatic heterocycles. The van der Waals surface area contributed by atoms with Crippen molar-refractivity contribution in [2.75, 3.05) is 7.11 Å². The van der Waals surface area contributed by atoms with Crippen LogP contribution in [-0.2, 0) is 9.53 Å². The molecule has 0 N–H and O–H groups in total. The molecule has 19 heavy (non-hydrogen) atoms. The lowest BCUT2D eigenvalue weighted by molar-refractivity contribution is -0.155. The number of esters is 1. The average Bonchev–Trinajstić information content (AvgIpc) is 2.26. The Morgan fingerprint density at radius 3 is 2.53 bits per heavy atom. The maximum atomic E-state index is 13.3. The molecular formula is C15H21FO3. The molecule has 4 heteroatoms. The van der Waals surface area contributed by atoms with Crippen molar-refractivity contribution in [1.29, 1.82) is 0 Å². The van der Waals surface area contributed by atoms with Crippen molar-refractivity contribution in [3.05, 3.63) is 29.6 Å². The second-order valence-corrected chi connectivity index (χ2v) is 5.58. The number of benzene rings is 1. The van der Waals surface area contributed by atoms with E-state index in [9.17, 15) is 9.18 Å². The molecule has 0 saturated carbocycles. The largest absolute Gasteiger partial charge is 0.496 e. The number of hydrogen-bond donors (Lipinski definition) is 0. The highest BCUT2D eigenvalue weighted by atomic mass is 19.1. The van der Waals surface area contributed by atoms with Gasteiger partial charge < -0.3 is 9.47 Å². The molecule has 0 spiro atoms. The minimum absolute atomic E-state index is 0.166. The summed E-state index contributed by atoms with van der Waals surface area (Å²) in [6.07, 6.45) is 0.192. The summed E-state index contributed by atoms with van der Waals surface area (Å²) in [5, 5.41) is 0. The van der Waals surface area contributed by atoms with Gasteiger partial charge in [0.1, 0.15) is 17.2 Å². The third-order valence-electron chi connectivity index (χ3n) is 2.62. The first-order valence-corrected chi connectivity index (χ1v) is 6.28. The highest BCUT2D eigenvalue weighted by Gasteiger charge is 2.21. The van der Waals surface area contributed by atoms with E-state index in [1.165, 1.54) is 19.2 Å². The lowest BCUT2D eigenvalue weighted by atomic mass is 9.96. The van der Waals surface area contributed by atoms with Crippen molar-refractivity contribution in [2.45, 2.75) is 45.6 Å². The summed E-state index contributed by atoms with van der Waals surface area (Å²) in [4.78, 5) is 11.8. The molecule has 0 heterocycles. The van der Waals surface area contributed by atoms with Crippen LogP contribution in [0.15, 0.2) is 18.2 Å². The van der Waals surface area contributed by atoms with E-state index in [2.05, 4.69) is 0 Å². The highest BCUT2D eigenvalue weighted by molar-refractivity contribution is 5.71. The van der Waals surface area contributed by atoms with Crippen LogP contribution in [0.1, 0.15) is 45.6 Å². The molecule has 0 bridgehead atoms. The SMILES string of the molecule is COc1ccc(F)cc1C(C)CC(=O)OC(C)(C)C. The fourth-order valence-electron chi connectivity index (χ4n) is 1.83. The zero-order valence-corrected chi connectivity index (χ0v) is 12.1. The van der Waals surface area contributed by atoms with Crippen molar-refractivity contribution in [3.8, 4) is 5.75 Å². The smallest absolute Gasteiger partial charge is 0.306 e. The van der Waals surface area contributed by atoms with Gasteiger partial charge in [0.05, 0.1) is 13.5 Å². The minimum atomic E-state index is -0.511. The summed E-state index contributed by atoms with van der Waals surface area (Å²) in [7, 11) is 1.52. The van der Waals surface area contributed by atoms with Gasteiger partial charge in [-0.05, 0) is 44.9 Å². The van der Waals surface area contributed by atoms with Gasteiger partial charge in [0.2, 0.25) is 0 Å². The van der Waals surface area contributed by atoms with Crippen LogP contribution in [-0.4, -0.2) is 18.7 Å². The molecule has 1 aromatic rings. The normalized spacial score (nSPS) is 12.9. The van der Waals surface area contributed by atoms with E-state index in [1.807, 2.05) is 27.7 Å². The molecule has 1 rings (SSSR count). The molecule has 1 unspecified atom stereocenters. The van der Waals surface area contributed by atoms with Crippen LogP contribution in [0.3, 0.4) is 0 Å². The molecule has 0 radical (unpaired) electrons. The Kier molecular flexibility index (Phi) is 4.92. The van der Waals surface area contributed by atoms with E-state index in [-0.39, 0.29) is 24.1 Å². The number of carbonyl (C=O) groups excluding carboxylic acids is 1. The van der Waals surface area contributed by atoms with E-state index >= 15 is 0 Å². The van der Waals surface area contributed by atoms with Crippen molar-refractivity contribution in [1.82, 2.24) is 0 Å². The van der Waals surface area contributed by atoms with E-state index in [4.69, 9.17) is 9.47 Å². The van der Waals surface area contributed by atoms with Gasteiger partial charge in [-0.2, -0.15) is 0 Å². The van der Waals surface area contributed by atoms with Gasteiger partial charge in [-0.3, -0.25) is 4.79 Å². The van der Waals surface area contributed by atoms with E-state index in [1.54, 1.807) is 6.07 Å². The van der Waals surface area contributed by atoms with Crippen molar-refractivity contribution in [2.24, 2.45) is 0 Å². The first-order chi connectivity index (χ1) is 8.73. The summed E-state index contributed by atoms with van der Waals surface area (Å²) in [5.41, 5.74) is 0.163. The van der Waals surface area contributed by atoms with Gasteiger partial charge in [-0.25, -0.2) is 4.39 Å². The molecule has 1 aromatic carbocycles. The van der Waals surface area contributed by atoms with Gasteiger partial charge in [0.15, 0.2) is 0 Å². The van der Waals surface area contributed by atoms with Gasteiger partial charge in [-0.15, -0.1) is 0 Å². The lowest BCUT2D eigenvalue weighted by Gasteiger charge is -2.21. The van der Waals surface area contributed by atoms with Crippen molar-refractivity contribution >= 4 is 5.97 Å². The van der Waals surface area contributed by atoms with Crippen molar-refractivity contribution in [3.63, 3.8) is 0 Å². The average molecular weight is 268 g/mol.